The Balaban J connectivity index is 1.87. The molecule has 4 aliphatic rings. The Bertz CT molecular complexity index is 641. The Morgan fingerprint density at radius 1 is 1.30 bits per heavy atom. The highest BCUT2D eigenvalue weighted by Crippen LogP contribution is 2.37. The van der Waals surface area contributed by atoms with Gasteiger partial charge in [-0.05, 0) is 64.5 Å². The average molecular weight is 378 g/mol. The molecule has 150 valence electrons. The van der Waals surface area contributed by atoms with Crippen LogP contribution in [0.2, 0.25) is 0 Å². The summed E-state index contributed by atoms with van der Waals surface area (Å²) in [6, 6.07) is 0. The molecule has 2 fully saturated rings. The molecule has 0 spiro atoms. The van der Waals surface area contributed by atoms with Crippen LogP contribution in [0, 0.1) is 5.92 Å². The van der Waals surface area contributed by atoms with Gasteiger partial charge in [0.05, 0.1) is 6.42 Å². The van der Waals surface area contributed by atoms with E-state index in [1.807, 2.05) is 26.8 Å². The number of carbonyl (C=O) groups excluding carboxylic acids is 2. The maximum absolute atomic E-state index is 11.8. The smallest absolute Gasteiger partial charge is 0.306 e. The summed E-state index contributed by atoms with van der Waals surface area (Å²) < 4.78 is 11.1. The van der Waals surface area contributed by atoms with Gasteiger partial charge < -0.3 is 9.47 Å². The molecular formula is C21H30O6. The van der Waals surface area contributed by atoms with Gasteiger partial charge in [-0.2, -0.15) is 0 Å². The molecule has 0 aromatic carbocycles. The Kier molecular flexibility index (Phi) is 6.06. The van der Waals surface area contributed by atoms with E-state index in [-0.39, 0.29) is 30.1 Å². The van der Waals surface area contributed by atoms with Crippen LogP contribution in [0.25, 0.3) is 0 Å². The summed E-state index contributed by atoms with van der Waals surface area (Å²) in [6.45, 7) is 7.41. The van der Waals surface area contributed by atoms with E-state index in [1.54, 1.807) is 0 Å². The summed E-state index contributed by atoms with van der Waals surface area (Å²) in [5, 5.41) is 0. The number of allylic oxidation sites excluding steroid dienone is 2. The molecule has 2 unspecified atom stereocenters. The van der Waals surface area contributed by atoms with Gasteiger partial charge in [-0.1, -0.05) is 11.6 Å². The summed E-state index contributed by atoms with van der Waals surface area (Å²) in [5.74, 6) is -0.324. The van der Waals surface area contributed by atoms with Crippen molar-refractivity contribution < 1.29 is 28.8 Å². The predicted molar refractivity (Wildman–Crippen MR) is 98.5 cm³/mol. The van der Waals surface area contributed by atoms with Crippen molar-refractivity contribution in [2.75, 3.05) is 0 Å². The topological polar surface area (TPSA) is 71.1 Å². The Morgan fingerprint density at radius 3 is 2.74 bits per heavy atom. The fourth-order valence-corrected chi connectivity index (χ4v) is 4.09. The van der Waals surface area contributed by atoms with Crippen molar-refractivity contribution in [1.82, 2.24) is 0 Å². The zero-order chi connectivity index (χ0) is 19.6. The molecule has 5 atom stereocenters. The monoisotopic (exact) mass is 378 g/mol. The number of fused-ring (bicyclic) bond motifs is 6. The second-order valence-electron chi connectivity index (χ2n) is 8.27. The van der Waals surface area contributed by atoms with Crippen molar-refractivity contribution in [3.8, 4) is 0 Å². The highest BCUT2D eigenvalue weighted by molar-refractivity contribution is 5.72. The Labute approximate surface area is 160 Å². The molecule has 0 saturated carbocycles. The molecule has 2 bridgehead atoms. The lowest BCUT2D eigenvalue weighted by Crippen LogP contribution is -2.49. The van der Waals surface area contributed by atoms with E-state index in [9.17, 15) is 9.59 Å². The minimum absolute atomic E-state index is 0.118. The minimum atomic E-state index is -0.671. The highest BCUT2D eigenvalue weighted by Gasteiger charge is 2.43. The molecule has 6 heteroatoms. The van der Waals surface area contributed by atoms with Crippen molar-refractivity contribution in [3.05, 3.63) is 23.3 Å². The third-order valence-electron chi connectivity index (χ3n) is 5.91. The van der Waals surface area contributed by atoms with Crippen LogP contribution in [0.15, 0.2) is 23.3 Å². The van der Waals surface area contributed by atoms with E-state index < -0.39 is 11.7 Å². The van der Waals surface area contributed by atoms with Crippen molar-refractivity contribution in [1.29, 1.82) is 0 Å². The van der Waals surface area contributed by atoms with Gasteiger partial charge in [0.25, 0.3) is 0 Å². The van der Waals surface area contributed by atoms with Crippen LogP contribution in [-0.4, -0.2) is 35.9 Å². The Morgan fingerprint density at radius 2 is 2.07 bits per heavy atom. The third kappa shape index (κ3) is 4.79. The van der Waals surface area contributed by atoms with Crippen LogP contribution in [-0.2, 0) is 28.8 Å². The predicted octanol–water partition coefficient (Wildman–Crippen LogP) is 3.80. The zero-order valence-corrected chi connectivity index (χ0v) is 16.7. The number of esters is 2. The fraction of sp³-hybridized carbons (Fsp3) is 0.714. The number of hydrogen-bond donors (Lipinski definition) is 0. The van der Waals surface area contributed by atoms with E-state index in [0.29, 0.717) is 12.8 Å². The van der Waals surface area contributed by atoms with E-state index >= 15 is 0 Å². The van der Waals surface area contributed by atoms with Gasteiger partial charge in [-0.15, -0.1) is 0 Å². The zero-order valence-electron chi connectivity index (χ0n) is 16.7. The van der Waals surface area contributed by atoms with Gasteiger partial charge in [0.15, 0.2) is 0 Å². The number of carbonyl (C=O) groups is 2. The molecule has 0 amide bonds. The van der Waals surface area contributed by atoms with E-state index in [2.05, 4.69) is 6.08 Å². The first-order valence-corrected chi connectivity index (χ1v) is 9.82. The summed E-state index contributed by atoms with van der Waals surface area (Å²) >= 11 is 0. The van der Waals surface area contributed by atoms with Crippen LogP contribution >= 0.6 is 0 Å². The molecular weight excluding hydrogens is 348 g/mol. The fourth-order valence-electron chi connectivity index (χ4n) is 4.09. The first-order chi connectivity index (χ1) is 12.8. The summed E-state index contributed by atoms with van der Waals surface area (Å²) in [7, 11) is 0. The van der Waals surface area contributed by atoms with E-state index in [0.717, 1.165) is 36.8 Å². The van der Waals surface area contributed by atoms with Crippen LogP contribution in [0.3, 0.4) is 0 Å². The average Bonchev–Trinajstić information content (AvgIpc) is 2.95. The van der Waals surface area contributed by atoms with Crippen LogP contribution in [0.4, 0.5) is 0 Å². The number of ether oxygens (including phenoxy) is 2. The number of hydrogen-bond acceptors (Lipinski definition) is 6. The van der Waals surface area contributed by atoms with Crippen molar-refractivity contribution in [2.24, 2.45) is 5.92 Å². The summed E-state index contributed by atoms with van der Waals surface area (Å²) in [5.41, 5.74) is 1.54. The Hall–Kier alpha value is -1.66. The molecule has 4 rings (SSSR count). The van der Waals surface area contributed by atoms with Gasteiger partial charge in [-0.25, -0.2) is 9.78 Å². The van der Waals surface area contributed by atoms with Crippen LogP contribution < -0.4 is 0 Å². The third-order valence-corrected chi connectivity index (χ3v) is 5.91. The molecule has 3 aliphatic heterocycles. The SMILES string of the molecule is CC(=O)O[C@H]1CCC(C)=CC2OC(=O)CC2C/C=C(/C)[C@@H]2CC[C@]1(C)OO2. The van der Waals surface area contributed by atoms with Crippen LogP contribution in [0.5, 0.6) is 0 Å². The molecule has 0 radical (unpaired) electrons. The molecule has 2 saturated heterocycles. The molecule has 0 aromatic heterocycles. The van der Waals surface area contributed by atoms with E-state index in [4.69, 9.17) is 19.2 Å². The van der Waals surface area contributed by atoms with Crippen molar-refractivity contribution in [3.63, 3.8) is 0 Å². The first-order valence-electron chi connectivity index (χ1n) is 9.82. The lowest BCUT2D eigenvalue weighted by molar-refractivity contribution is -0.412. The minimum Gasteiger partial charge on any atom is -0.459 e. The second kappa shape index (κ2) is 8.15. The standard InChI is InChI=1S/C21H30O6/c1-13-5-8-19(24-15(3)22)21(4)10-9-17(26-27-21)14(2)6-7-16-12-20(23)25-18(16)11-13/h6,11,16-19H,5,7-10,12H2,1-4H3/b13-11?,14-6-/t16?,17-,18?,19-,21-/m0/s1. The van der Waals surface area contributed by atoms with Gasteiger partial charge in [0.2, 0.25) is 0 Å². The molecule has 0 N–H and O–H groups in total. The highest BCUT2D eigenvalue weighted by atomic mass is 17.2. The number of rotatable bonds is 1. The molecule has 0 aromatic rings. The summed E-state index contributed by atoms with van der Waals surface area (Å²) in [4.78, 5) is 34.9. The second-order valence-corrected chi connectivity index (χ2v) is 8.27. The van der Waals surface area contributed by atoms with Crippen LogP contribution in [0.1, 0.15) is 66.2 Å². The maximum Gasteiger partial charge on any atom is 0.306 e. The normalized spacial score (nSPS) is 39.5. The molecule has 6 nitrogen and oxygen atoms in total. The van der Waals surface area contributed by atoms with Gasteiger partial charge in [0, 0.05) is 12.8 Å². The molecule has 1 aliphatic carbocycles. The van der Waals surface area contributed by atoms with Gasteiger partial charge in [0.1, 0.15) is 23.9 Å². The van der Waals surface area contributed by atoms with E-state index in [1.165, 1.54) is 6.92 Å². The molecule has 3 heterocycles. The first kappa shape index (κ1) is 20.1. The van der Waals surface area contributed by atoms with Gasteiger partial charge in [-0.3, -0.25) is 9.59 Å². The largest absolute Gasteiger partial charge is 0.459 e. The van der Waals surface area contributed by atoms with Crippen molar-refractivity contribution >= 4 is 11.9 Å². The quantitative estimate of drug-likeness (QED) is 0.393. The van der Waals surface area contributed by atoms with Crippen molar-refractivity contribution in [2.45, 2.75) is 90.1 Å². The summed E-state index contributed by atoms with van der Waals surface area (Å²) in [6.07, 6.45) is 7.60. The lowest BCUT2D eigenvalue weighted by atomic mass is 9.85. The molecule has 27 heavy (non-hydrogen) atoms. The lowest BCUT2D eigenvalue weighted by Gasteiger charge is -2.41. The van der Waals surface area contributed by atoms with Gasteiger partial charge >= 0.3 is 11.9 Å². The maximum atomic E-state index is 11.8.